The number of nitrogens with zero attached hydrogens (tertiary/aromatic N) is 1. The fourth-order valence-corrected chi connectivity index (χ4v) is 1.60. The number of rotatable bonds is 4. The monoisotopic (exact) mass is 231 g/mol. The largest absolute Gasteiger partial charge is 0.382 e. The van der Waals surface area contributed by atoms with Crippen LogP contribution in [0.4, 0.5) is 15.9 Å². The Hall–Kier alpha value is -2.10. The number of hydrogen-bond donors (Lipinski definition) is 2. The number of nitrogen functional groups attached to an aromatic ring is 1. The number of nitrogens with two attached hydrogens (primary N) is 1. The van der Waals surface area contributed by atoms with Gasteiger partial charge >= 0.3 is 0 Å². The molecule has 0 fully saturated rings. The normalized spacial score (nSPS) is 10.2. The molecule has 17 heavy (non-hydrogen) atoms. The molecule has 0 saturated carbocycles. The van der Waals surface area contributed by atoms with Crippen molar-refractivity contribution < 1.29 is 4.39 Å². The van der Waals surface area contributed by atoms with Gasteiger partial charge in [-0.25, -0.2) is 9.37 Å². The summed E-state index contributed by atoms with van der Waals surface area (Å²) in [5.41, 5.74) is 7.16. The Morgan fingerprint density at radius 3 is 2.76 bits per heavy atom. The Labute approximate surface area is 99.5 Å². The van der Waals surface area contributed by atoms with Gasteiger partial charge in [-0.3, -0.25) is 0 Å². The first kappa shape index (κ1) is 11.4. The van der Waals surface area contributed by atoms with Gasteiger partial charge in [-0.05, 0) is 30.2 Å². The molecule has 0 amide bonds. The zero-order valence-corrected chi connectivity index (χ0v) is 9.36. The lowest BCUT2D eigenvalue weighted by molar-refractivity contribution is 0.610. The highest BCUT2D eigenvalue weighted by Crippen LogP contribution is 2.14. The molecule has 4 heteroatoms. The molecule has 0 aliphatic rings. The number of hydrogen-bond acceptors (Lipinski definition) is 3. The second-order valence-electron chi connectivity index (χ2n) is 3.70. The van der Waals surface area contributed by atoms with E-state index in [4.69, 9.17) is 5.73 Å². The molecule has 0 bridgehead atoms. The summed E-state index contributed by atoms with van der Waals surface area (Å²) < 4.78 is 13.3. The molecule has 0 spiro atoms. The fourth-order valence-electron chi connectivity index (χ4n) is 1.60. The number of anilines is 2. The van der Waals surface area contributed by atoms with Crippen molar-refractivity contribution in [2.75, 3.05) is 17.6 Å². The van der Waals surface area contributed by atoms with Crippen LogP contribution in [0.3, 0.4) is 0 Å². The first-order valence-corrected chi connectivity index (χ1v) is 5.45. The molecular weight excluding hydrogens is 217 g/mol. The van der Waals surface area contributed by atoms with E-state index in [9.17, 15) is 4.39 Å². The van der Waals surface area contributed by atoms with Gasteiger partial charge in [0, 0.05) is 12.7 Å². The Kier molecular flexibility index (Phi) is 3.55. The van der Waals surface area contributed by atoms with Crippen molar-refractivity contribution in [3.63, 3.8) is 0 Å². The number of benzene rings is 1. The van der Waals surface area contributed by atoms with E-state index in [-0.39, 0.29) is 5.82 Å². The minimum Gasteiger partial charge on any atom is -0.382 e. The molecule has 2 aromatic rings. The predicted molar refractivity (Wildman–Crippen MR) is 67.2 cm³/mol. The second kappa shape index (κ2) is 5.30. The molecule has 1 aromatic heterocycles. The van der Waals surface area contributed by atoms with Gasteiger partial charge in [-0.15, -0.1) is 0 Å². The van der Waals surface area contributed by atoms with E-state index in [1.54, 1.807) is 18.3 Å². The van der Waals surface area contributed by atoms with Crippen LogP contribution in [0.15, 0.2) is 42.6 Å². The topological polar surface area (TPSA) is 50.9 Å². The first-order chi connectivity index (χ1) is 8.27. The summed E-state index contributed by atoms with van der Waals surface area (Å²) in [4.78, 5) is 3.96. The lowest BCUT2D eigenvalue weighted by Gasteiger charge is -2.08. The van der Waals surface area contributed by atoms with Crippen molar-refractivity contribution in [2.24, 2.45) is 0 Å². The van der Waals surface area contributed by atoms with Crippen LogP contribution in [-0.2, 0) is 6.42 Å². The molecule has 3 nitrogen and oxygen atoms in total. The molecule has 0 aliphatic heterocycles. The fraction of sp³-hybridized carbons (Fsp3) is 0.154. The number of pyridine rings is 1. The van der Waals surface area contributed by atoms with Crippen LogP contribution in [0.2, 0.25) is 0 Å². The lowest BCUT2D eigenvalue weighted by Crippen LogP contribution is -2.08. The highest BCUT2D eigenvalue weighted by Gasteiger charge is 2.01. The minimum absolute atomic E-state index is 0.173. The molecule has 3 N–H and O–H groups in total. The van der Waals surface area contributed by atoms with Gasteiger partial charge in [0.25, 0.3) is 0 Å². The van der Waals surface area contributed by atoms with Crippen molar-refractivity contribution in [1.29, 1.82) is 0 Å². The van der Waals surface area contributed by atoms with E-state index >= 15 is 0 Å². The highest BCUT2D eigenvalue weighted by atomic mass is 19.1. The zero-order chi connectivity index (χ0) is 12.1. The predicted octanol–water partition coefficient (Wildman–Crippen LogP) is 2.46. The molecule has 2 rings (SSSR count). The van der Waals surface area contributed by atoms with E-state index < -0.39 is 0 Å². The maximum Gasteiger partial charge on any atom is 0.146 e. The van der Waals surface area contributed by atoms with Gasteiger partial charge < -0.3 is 11.1 Å². The molecule has 0 aliphatic carbocycles. The second-order valence-corrected chi connectivity index (χ2v) is 3.70. The van der Waals surface area contributed by atoms with Gasteiger partial charge in [-0.1, -0.05) is 18.2 Å². The lowest BCUT2D eigenvalue weighted by atomic mass is 10.1. The van der Waals surface area contributed by atoms with Gasteiger partial charge in [0.05, 0.1) is 5.69 Å². The van der Waals surface area contributed by atoms with E-state index in [1.807, 2.05) is 18.2 Å². The summed E-state index contributed by atoms with van der Waals surface area (Å²) in [6, 6.07) is 10.4. The smallest absolute Gasteiger partial charge is 0.146 e. The van der Waals surface area contributed by atoms with E-state index in [0.29, 0.717) is 24.3 Å². The van der Waals surface area contributed by atoms with Crippen LogP contribution in [0, 0.1) is 5.82 Å². The average molecular weight is 231 g/mol. The third-order valence-corrected chi connectivity index (χ3v) is 2.51. The van der Waals surface area contributed by atoms with Crippen molar-refractivity contribution in [3.8, 4) is 0 Å². The Balaban J connectivity index is 1.93. The van der Waals surface area contributed by atoms with Gasteiger partial charge in [0.2, 0.25) is 0 Å². The van der Waals surface area contributed by atoms with Crippen molar-refractivity contribution in [1.82, 2.24) is 4.98 Å². The molecule has 0 atom stereocenters. The summed E-state index contributed by atoms with van der Waals surface area (Å²) in [7, 11) is 0. The summed E-state index contributed by atoms with van der Waals surface area (Å²) in [6.07, 6.45) is 2.25. The van der Waals surface area contributed by atoms with E-state index in [0.717, 1.165) is 5.69 Å². The summed E-state index contributed by atoms with van der Waals surface area (Å²) in [5.74, 6) is 0.287. The molecule has 1 aromatic carbocycles. The van der Waals surface area contributed by atoms with Crippen LogP contribution in [0.1, 0.15) is 5.56 Å². The van der Waals surface area contributed by atoms with Crippen molar-refractivity contribution in [3.05, 3.63) is 54.0 Å². The van der Waals surface area contributed by atoms with Crippen molar-refractivity contribution in [2.45, 2.75) is 6.42 Å². The van der Waals surface area contributed by atoms with Crippen molar-refractivity contribution >= 4 is 11.5 Å². The average Bonchev–Trinajstić information content (AvgIpc) is 2.34. The van der Waals surface area contributed by atoms with Gasteiger partial charge in [0.15, 0.2) is 0 Å². The van der Waals surface area contributed by atoms with Gasteiger partial charge in [0.1, 0.15) is 11.6 Å². The quantitative estimate of drug-likeness (QED) is 0.849. The highest BCUT2D eigenvalue weighted by molar-refractivity contribution is 5.60. The minimum atomic E-state index is -0.173. The Morgan fingerprint density at radius 1 is 1.18 bits per heavy atom. The van der Waals surface area contributed by atoms with Crippen LogP contribution < -0.4 is 11.1 Å². The molecule has 0 saturated heterocycles. The number of aromatic nitrogens is 1. The molecule has 88 valence electrons. The SMILES string of the molecule is Nc1ncccc1NCCc1ccccc1F. The Bertz CT molecular complexity index is 454. The molecular formula is C13H14FN3. The third-order valence-electron chi connectivity index (χ3n) is 2.51. The first-order valence-electron chi connectivity index (χ1n) is 5.45. The summed E-state index contributed by atoms with van der Waals surface area (Å²) in [5, 5.41) is 3.13. The maximum absolute atomic E-state index is 13.3. The van der Waals surface area contributed by atoms with Crippen LogP contribution in [-0.4, -0.2) is 11.5 Å². The number of nitrogens with one attached hydrogen (secondary N) is 1. The maximum atomic E-state index is 13.3. The zero-order valence-electron chi connectivity index (χ0n) is 9.36. The van der Waals surface area contributed by atoms with E-state index in [1.165, 1.54) is 6.07 Å². The Morgan fingerprint density at radius 2 is 2.00 bits per heavy atom. The van der Waals surface area contributed by atoms with E-state index in [2.05, 4.69) is 10.3 Å². The molecule has 0 radical (unpaired) electrons. The summed E-state index contributed by atoms with van der Waals surface area (Å²) >= 11 is 0. The van der Waals surface area contributed by atoms with Crippen LogP contribution in [0.5, 0.6) is 0 Å². The van der Waals surface area contributed by atoms with Crippen LogP contribution >= 0.6 is 0 Å². The molecule has 0 unspecified atom stereocenters. The standard InChI is InChI=1S/C13H14FN3/c14-11-5-2-1-4-10(11)7-9-16-12-6-3-8-17-13(12)15/h1-6,8,16H,7,9H2,(H2,15,17). The number of halogens is 1. The third kappa shape index (κ3) is 2.93. The summed E-state index contributed by atoms with van der Waals surface area (Å²) in [6.45, 7) is 0.622. The molecule has 1 heterocycles. The van der Waals surface area contributed by atoms with Gasteiger partial charge in [-0.2, -0.15) is 0 Å². The van der Waals surface area contributed by atoms with Crippen LogP contribution in [0.25, 0.3) is 0 Å².